The lowest BCUT2D eigenvalue weighted by Gasteiger charge is -2.01. The molecule has 3 heteroatoms. The Morgan fingerprint density at radius 1 is 1.06 bits per heavy atom. The lowest BCUT2D eigenvalue weighted by molar-refractivity contribution is 1.19. The molecule has 0 atom stereocenters. The molecule has 2 heterocycles. The summed E-state index contributed by atoms with van der Waals surface area (Å²) in [4.78, 5) is 4.34. The topological polar surface area (TPSA) is 41.1 Å². The Hall–Kier alpha value is -2.60. The summed E-state index contributed by atoms with van der Waals surface area (Å²) in [6.07, 6.45) is 3.83. The van der Waals surface area contributed by atoms with Gasteiger partial charge in [-0.1, -0.05) is 18.2 Å². The van der Waals surface area contributed by atoms with Crippen LogP contribution in [-0.4, -0.2) is 9.38 Å². The molecule has 0 aliphatic rings. The van der Waals surface area contributed by atoms with E-state index in [1.54, 1.807) is 0 Å². The number of nitrogens with zero attached hydrogens (tertiary/aromatic N) is 3. The predicted molar refractivity (Wildman–Crippen MR) is 65.3 cm³/mol. The minimum absolute atomic E-state index is 0.669. The van der Waals surface area contributed by atoms with Crippen LogP contribution in [0.3, 0.4) is 0 Å². The van der Waals surface area contributed by atoms with Gasteiger partial charge in [0.15, 0.2) is 0 Å². The molecule has 0 amide bonds. The van der Waals surface area contributed by atoms with Gasteiger partial charge < -0.3 is 0 Å². The number of benzene rings is 1. The molecule has 0 aliphatic carbocycles. The molecule has 0 bridgehead atoms. The van der Waals surface area contributed by atoms with Gasteiger partial charge in [0, 0.05) is 11.8 Å². The van der Waals surface area contributed by atoms with Gasteiger partial charge in [0.1, 0.15) is 5.65 Å². The van der Waals surface area contributed by atoms with Crippen molar-refractivity contribution < 1.29 is 0 Å². The summed E-state index contributed by atoms with van der Waals surface area (Å²) in [5.41, 5.74) is 3.68. The van der Waals surface area contributed by atoms with Gasteiger partial charge in [-0.25, -0.2) is 4.98 Å². The van der Waals surface area contributed by atoms with E-state index in [1.165, 1.54) is 0 Å². The first-order chi connectivity index (χ1) is 8.38. The van der Waals surface area contributed by atoms with Gasteiger partial charge in [0.25, 0.3) is 0 Å². The number of hydrogen-bond donors (Lipinski definition) is 0. The molecule has 3 nitrogen and oxygen atoms in total. The Bertz CT molecular complexity index is 702. The van der Waals surface area contributed by atoms with E-state index in [4.69, 9.17) is 5.26 Å². The Balaban J connectivity index is 2.17. The third-order valence-electron chi connectivity index (χ3n) is 2.73. The summed E-state index contributed by atoms with van der Waals surface area (Å²) in [6.45, 7) is 0. The number of imidazole rings is 1. The Kier molecular flexibility index (Phi) is 2.13. The minimum atomic E-state index is 0.669. The molecule has 0 aliphatic heterocycles. The summed E-state index contributed by atoms with van der Waals surface area (Å²) >= 11 is 0. The first kappa shape index (κ1) is 9.61. The van der Waals surface area contributed by atoms with Gasteiger partial charge in [-0.05, 0) is 24.3 Å². The van der Waals surface area contributed by atoms with Gasteiger partial charge in [-0.2, -0.15) is 5.26 Å². The van der Waals surface area contributed by atoms with E-state index in [0.29, 0.717) is 5.56 Å². The molecule has 0 saturated carbocycles. The first-order valence-corrected chi connectivity index (χ1v) is 5.31. The van der Waals surface area contributed by atoms with E-state index >= 15 is 0 Å². The zero-order valence-electron chi connectivity index (χ0n) is 9.04. The highest BCUT2D eigenvalue weighted by atomic mass is 15.0. The summed E-state index contributed by atoms with van der Waals surface area (Å²) in [5, 5.41) is 8.76. The van der Waals surface area contributed by atoms with Gasteiger partial charge >= 0.3 is 0 Å². The summed E-state index contributed by atoms with van der Waals surface area (Å²) in [6, 6.07) is 15.5. The second kappa shape index (κ2) is 3.76. The number of hydrogen-bond acceptors (Lipinski definition) is 2. The van der Waals surface area contributed by atoms with Crippen molar-refractivity contribution in [1.29, 1.82) is 5.26 Å². The van der Waals surface area contributed by atoms with Crippen LogP contribution in [0.2, 0.25) is 0 Å². The molecule has 0 N–H and O–H groups in total. The third-order valence-corrected chi connectivity index (χ3v) is 2.73. The summed E-state index contributed by atoms with van der Waals surface area (Å²) < 4.78 is 2.03. The van der Waals surface area contributed by atoms with Crippen LogP contribution in [0.25, 0.3) is 16.9 Å². The molecule has 0 fully saturated rings. The van der Waals surface area contributed by atoms with E-state index in [-0.39, 0.29) is 0 Å². The van der Waals surface area contributed by atoms with Gasteiger partial charge in [0.05, 0.1) is 23.5 Å². The van der Waals surface area contributed by atoms with Gasteiger partial charge in [-0.15, -0.1) is 0 Å². The zero-order chi connectivity index (χ0) is 11.7. The standard InChI is InChI=1S/C14H9N3/c15-9-11-4-6-12(7-5-11)13-10-16-14-3-1-2-8-17(13)14/h1-8,10H. The van der Waals surface area contributed by atoms with Crippen molar-refractivity contribution in [3.05, 3.63) is 60.4 Å². The highest BCUT2D eigenvalue weighted by Crippen LogP contribution is 2.20. The SMILES string of the molecule is N#Cc1ccc(-c2cnc3ccccn23)cc1. The van der Waals surface area contributed by atoms with E-state index in [9.17, 15) is 0 Å². The smallest absolute Gasteiger partial charge is 0.137 e. The zero-order valence-corrected chi connectivity index (χ0v) is 9.04. The quantitative estimate of drug-likeness (QED) is 0.631. The summed E-state index contributed by atoms with van der Waals surface area (Å²) in [7, 11) is 0. The maximum Gasteiger partial charge on any atom is 0.137 e. The lowest BCUT2D eigenvalue weighted by atomic mass is 10.1. The van der Waals surface area contributed by atoms with E-state index in [1.807, 2.05) is 59.3 Å². The molecule has 17 heavy (non-hydrogen) atoms. The van der Waals surface area contributed by atoms with Crippen molar-refractivity contribution in [3.63, 3.8) is 0 Å². The van der Waals surface area contributed by atoms with Crippen LogP contribution in [0.15, 0.2) is 54.9 Å². The molecule has 0 unspecified atom stereocenters. The van der Waals surface area contributed by atoms with Crippen molar-refractivity contribution in [2.45, 2.75) is 0 Å². The van der Waals surface area contributed by atoms with Crippen molar-refractivity contribution in [1.82, 2.24) is 9.38 Å². The number of fused-ring (bicyclic) bond motifs is 1. The van der Waals surface area contributed by atoms with E-state index in [2.05, 4.69) is 11.1 Å². The molecule has 1 aromatic carbocycles. The van der Waals surface area contributed by atoms with Crippen LogP contribution < -0.4 is 0 Å². The molecule has 0 saturated heterocycles. The normalized spacial score (nSPS) is 10.3. The second-order valence-corrected chi connectivity index (χ2v) is 3.76. The van der Waals surface area contributed by atoms with Gasteiger partial charge in [0.2, 0.25) is 0 Å². The number of aromatic nitrogens is 2. The maximum atomic E-state index is 8.76. The average molecular weight is 219 g/mol. The predicted octanol–water partition coefficient (Wildman–Crippen LogP) is 2.87. The van der Waals surface area contributed by atoms with Crippen molar-refractivity contribution in [2.24, 2.45) is 0 Å². The van der Waals surface area contributed by atoms with E-state index < -0.39 is 0 Å². The highest BCUT2D eigenvalue weighted by molar-refractivity contribution is 5.64. The molecule has 2 aromatic heterocycles. The fourth-order valence-electron chi connectivity index (χ4n) is 1.86. The van der Waals surface area contributed by atoms with Crippen LogP contribution in [-0.2, 0) is 0 Å². The molecule has 0 radical (unpaired) electrons. The fourth-order valence-corrected chi connectivity index (χ4v) is 1.86. The Labute approximate surface area is 98.6 Å². The highest BCUT2D eigenvalue weighted by Gasteiger charge is 2.04. The van der Waals surface area contributed by atoms with E-state index in [0.717, 1.165) is 16.9 Å². The molecule has 80 valence electrons. The average Bonchev–Trinajstić information content (AvgIpc) is 2.83. The molecule has 3 aromatic rings. The minimum Gasteiger partial charge on any atom is -0.300 e. The largest absolute Gasteiger partial charge is 0.300 e. The third kappa shape index (κ3) is 1.56. The molecule has 3 rings (SSSR count). The molecular weight excluding hydrogens is 210 g/mol. The van der Waals surface area contributed by atoms with Crippen LogP contribution in [0.4, 0.5) is 0 Å². The maximum absolute atomic E-state index is 8.76. The number of pyridine rings is 1. The van der Waals surface area contributed by atoms with Crippen molar-refractivity contribution in [3.8, 4) is 17.3 Å². The van der Waals surface area contributed by atoms with Crippen LogP contribution in [0.5, 0.6) is 0 Å². The van der Waals surface area contributed by atoms with Gasteiger partial charge in [-0.3, -0.25) is 4.40 Å². The number of rotatable bonds is 1. The lowest BCUT2D eigenvalue weighted by Crippen LogP contribution is -1.86. The molecular formula is C14H9N3. The monoisotopic (exact) mass is 219 g/mol. The number of nitriles is 1. The second-order valence-electron chi connectivity index (χ2n) is 3.76. The van der Waals surface area contributed by atoms with Crippen molar-refractivity contribution in [2.75, 3.05) is 0 Å². The Morgan fingerprint density at radius 3 is 2.65 bits per heavy atom. The first-order valence-electron chi connectivity index (χ1n) is 5.31. The van der Waals surface area contributed by atoms with Crippen LogP contribution >= 0.6 is 0 Å². The van der Waals surface area contributed by atoms with Crippen LogP contribution in [0.1, 0.15) is 5.56 Å². The summed E-state index contributed by atoms with van der Waals surface area (Å²) in [5.74, 6) is 0. The Morgan fingerprint density at radius 2 is 1.88 bits per heavy atom. The van der Waals surface area contributed by atoms with Crippen molar-refractivity contribution >= 4 is 5.65 Å². The van der Waals surface area contributed by atoms with Crippen LogP contribution in [0, 0.1) is 11.3 Å². The fraction of sp³-hybridized carbons (Fsp3) is 0. The molecule has 0 spiro atoms.